The summed E-state index contributed by atoms with van der Waals surface area (Å²) in [6.07, 6.45) is 0.622. The highest BCUT2D eigenvalue weighted by Gasteiger charge is 2.26. The van der Waals surface area contributed by atoms with Crippen molar-refractivity contribution in [3.05, 3.63) is 0 Å². The standard InChI is InChI=1S/C10H17NO4/c1-2-15-10(14)5-9(13)11-4-3-8(6-11)7-12/h8,12H,2-7H2,1H3. The lowest BCUT2D eigenvalue weighted by Gasteiger charge is -2.15. The molecule has 0 spiro atoms. The van der Waals surface area contributed by atoms with E-state index < -0.39 is 5.97 Å². The van der Waals surface area contributed by atoms with Crippen LogP contribution in [-0.4, -0.2) is 48.2 Å². The maximum absolute atomic E-state index is 11.5. The highest BCUT2D eigenvalue weighted by Crippen LogP contribution is 2.16. The van der Waals surface area contributed by atoms with Gasteiger partial charge < -0.3 is 14.7 Å². The van der Waals surface area contributed by atoms with Crippen LogP contribution < -0.4 is 0 Å². The summed E-state index contributed by atoms with van der Waals surface area (Å²) >= 11 is 0. The number of esters is 1. The summed E-state index contributed by atoms with van der Waals surface area (Å²) in [6.45, 7) is 3.28. The zero-order valence-electron chi connectivity index (χ0n) is 8.94. The number of carbonyl (C=O) groups is 2. The fraction of sp³-hybridized carbons (Fsp3) is 0.800. The van der Waals surface area contributed by atoms with Crippen molar-refractivity contribution in [1.29, 1.82) is 0 Å². The Balaban J connectivity index is 2.32. The van der Waals surface area contributed by atoms with Gasteiger partial charge in [0.05, 0.1) is 6.61 Å². The van der Waals surface area contributed by atoms with Crippen molar-refractivity contribution in [1.82, 2.24) is 4.90 Å². The molecule has 0 radical (unpaired) electrons. The number of amides is 1. The number of carbonyl (C=O) groups excluding carboxylic acids is 2. The summed E-state index contributed by atoms with van der Waals surface area (Å²) < 4.78 is 4.69. The van der Waals surface area contributed by atoms with E-state index >= 15 is 0 Å². The van der Waals surface area contributed by atoms with Gasteiger partial charge in [0.1, 0.15) is 6.42 Å². The first-order valence-corrected chi connectivity index (χ1v) is 5.21. The Morgan fingerprint density at radius 1 is 1.53 bits per heavy atom. The number of nitrogens with zero attached hydrogens (tertiary/aromatic N) is 1. The van der Waals surface area contributed by atoms with Gasteiger partial charge in [-0.3, -0.25) is 9.59 Å². The zero-order valence-corrected chi connectivity index (χ0v) is 8.94. The maximum Gasteiger partial charge on any atom is 0.315 e. The molecular formula is C10H17NO4. The summed E-state index contributed by atoms with van der Waals surface area (Å²) in [4.78, 5) is 24.2. The van der Waals surface area contributed by atoms with Gasteiger partial charge in [-0.15, -0.1) is 0 Å². The number of aliphatic hydroxyl groups is 1. The molecule has 1 atom stereocenters. The quantitative estimate of drug-likeness (QED) is 0.520. The summed E-state index contributed by atoms with van der Waals surface area (Å²) in [5.41, 5.74) is 0. The molecule has 5 nitrogen and oxygen atoms in total. The third-order valence-corrected chi connectivity index (χ3v) is 2.50. The number of aliphatic hydroxyl groups excluding tert-OH is 1. The van der Waals surface area contributed by atoms with Crippen molar-refractivity contribution in [2.45, 2.75) is 19.8 Å². The highest BCUT2D eigenvalue weighted by atomic mass is 16.5. The lowest BCUT2D eigenvalue weighted by molar-refractivity contribution is -0.148. The van der Waals surface area contributed by atoms with Crippen LogP contribution in [0.2, 0.25) is 0 Å². The van der Waals surface area contributed by atoms with E-state index in [1.807, 2.05) is 0 Å². The zero-order chi connectivity index (χ0) is 11.3. The van der Waals surface area contributed by atoms with Crippen molar-refractivity contribution >= 4 is 11.9 Å². The van der Waals surface area contributed by atoms with Crippen LogP contribution in [0.25, 0.3) is 0 Å². The molecule has 86 valence electrons. The summed E-state index contributed by atoms with van der Waals surface area (Å²) in [5.74, 6) is -0.518. The molecule has 1 aliphatic heterocycles. The lowest BCUT2D eigenvalue weighted by Crippen LogP contribution is -2.31. The Hall–Kier alpha value is -1.10. The maximum atomic E-state index is 11.5. The second-order valence-corrected chi connectivity index (χ2v) is 3.66. The Bertz CT molecular complexity index is 242. The number of hydrogen-bond acceptors (Lipinski definition) is 4. The fourth-order valence-corrected chi connectivity index (χ4v) is 1.66. The van der Waals surface area contributed by atoms with E-state index in [0.717, 1.165) is 6.42 Å². The predicted octanol–water partition coefficient (Wildman–Crippen LogP) is -0.220. The first kappa shape index (κ1) is 12.0. The van der Waals surface area contributed by atoms with Crippen molar-refractivity contribution in [2.24, 2.45) is 5.92 Å². The van der Waals surface area contributed by atoms with Gasteiger partial charge in [-0.2, -0.15) is 0 Å². The number of likely N-dealkylation sites (tertiary alicyclic amines) is 1. The first-order chi connectivity index (χ1) is 7.17. The minimum atomic E-state index is -0.477. The molecule has 15 heavy (non-hydrogen) atoms. The van der Waals surface area contributed by atoms with Gasteiger partial charge in [0.15, 0.2) is 0 Å². The van der Waals surface area contributed by atoms with Crippen LogP contribution in [-0.2, 0) is 14.3 Å². The molecule has 1 fully saturated rings. The molecule has 1 N–H and O–H groups in total. The molecule has 0 aromatic rings. The minimum Gasteiger partial charge on any atom is -0.466 e. The van der Waals surface area contributed by atoms with Gasteiger partial charge in [0, 0.05) is 25.6 Å². The molecule has 0 aromatic carbocycles. The van der Waals surface area contributed by atoms with Crippen molar-refractivity contribution in [3.63, 3.8) is 0 Å². The summed E-state index contributed by atoms with van der Waals surface area (Å²) in [7, 11) is 0. The van der Waals surface area contributed by atoms with Crippen LogP contribution in [0.4, 0.5) is 0 Å². The molecule has 0 saturated carbocycles. The molecule has 1 unspecified atom stereocenters. The van der Waals surface area contributed by atoms with E-state index in [4.69, 9.17) is 5.11 Å². The van der Waals surface area contributed by atoms with Crippen LogP contribution in [0.15, 0.2) is 0 Å². The van der Waals surface area contributed by atoms with Crippen molar-refractivity contribution in [2.75, 3.05) is 26.3 Å². The Morgan fingerprint density at radius 2 is 2.27 bits per heavy atom. The lowest BCUT2D eigenvalue weighted by atomic mass is 10.1. The van der Waals surface area contributed by atoms with Gasteiger partial charge in [0.25, 0.3) is 0 Å². The van der Waals surface area contributed by atoms with E-state index in [-0.39, 0.29) is 24.9 Å². The molecule has 1 rings (SSSR count). The van der Waals surface area contributed by atoms with Crippen LogP contribution in [0, 0.1) is 5.92 Å². The molecule has 1 amide bonds. The minimum absolute atomic E-state index is 0.100. The third kappa shape index (κ3) is 3.51. The number of ether oxygens (including phenoxy) is 1. The van der Waals surface area contributed by atoms with E-state index in [9.17, 15) is 9.59 Å². The van der Waals surface area contributed by atoms with Crippen LogP contribution in [0.3, 0.4) is 0 Å². The van der Waals surface area contributed by atoms with Gasteiger partial charge in [-0.1, -0.05) is 0 Å². The molecule has 1 aliphatic rings. The Morgan fingerprint density at radius 3 is 2.80 bits per heavy atom. The topological polar surface area (TPSA) is 66.8 Å². The monoisotopic (exact) mass is 215 g/mol. The van der Waals surface area contributed by atoms with E-state index in [1.54, 1.807) is 11.8 Å². The second-order valence-electron chi connectivity index (χ2n) is 3.66. The van der Waals surface area contributed by atoms with Gasteiger partial charge >= 0.3 is 5.97 Å². The smallest absolute Gasteiger partial charge is 0.315 e. The first-order valence-electron chi connectivity index (χ1n) is 5.21. The van der Waals surface area contributed by atoms with E-state index in [1.165, 1.54) is 0 Å². The predicted molar refractivity (Wildman–Crippen MR) is 53.0 cm³/mol. The third-order valence-electron chi connectivity index (χ3n) is 2.50. The average Bonchev–Trinajstić information content (AvgIpc) is 2.66. The van der Waals surface area contributed by atoms with Crippen molar-refractivity contribution in [3.8, 4) is 0 Å². The van der Waals surface area contributed by atoms with Gasteiger partial charge in [-0.25, -0.2) is 0 Å². The normalized spacial score (nSPS) is 20.4. The summed E-state index contributed by atoms with van der Waals surface area (Å²) in [6, 6.07) is 0. The van der Waals surface area contributed by atoms with Gasteiger partial charge in [0.2, 0.25) is 5.91 Å². The van der Waals surface area contributed by atoms with E-state index in [0.29, 0.717) is 19.7 Å². The van der Waals surface area contributed by atoms with Crippen LogP contribution >= 0.6 is 0 Å². The summed E-state index contributed by atoms with van der Waals surface area (Å²) in [5, 5.41) is 8.90. The highest BCUT2D eigenvalue weighted by molar-refractivity contribution is 5.94. The number of hydrogen-bond donors (Lipinski definition) is 1. The molecule has 1 saturated heterocycles. The van der Waals surface area contributed by atoms with Crippen LogP contribution in [0.1, 0.15) is 19.8 Å². The van der Waals surface area contributed by atoms with E-state index in [2.05, 4.69) is 4.74 Å². The fourth-order valence-electron chi connectivity index (χ4n) is 1.66. The van der Waals surface area contributed by atoms with Gasteiger partial charge in [-0.05, 0) is 13.3 Å². The molecule has 5 heteroatoms. The second kappa shape index (κ2) is 5.70. The molecular weight excluding hydrogens is 198 g/mol. The Kier molecular flexibility index (Phi) is 4.55. The average molecular weight is 215 g/mol. The molecule has 0 bridgehead atoms. The molecule has 0 aromatic heterocycles. The van der Waals surface area contributed by atoms with Crippen LogP contribution in [0.5, 0.6) is 0 Å². The molecule has 1 heterocycles. The molecule has 0 aliphatic carbocycles. The van der Waals surface area contributed by atoms with Crippen molar-refractivity contribution < 1.29 is 19.4 Å². The SMILES string of the molecule is CCOC(=O)CC(=O)N1CCC(CO)C1. The largest absolute Gasteiger partial charge is 0.466 e. The Labute approximate surface area is 89.0 Å². The number of rotatable bonds is 4.